The summed E-state index contributed by atoms with van der Waals surface area (Å²) in [6.07, 6.45) is 3.14. The molecule has 0 unspecified atom stereocenters. The molecule has 1 aromatic heterocycles. The number of ether oxygens (including phenoxy) is 2. The Labute approximate surface area is 192 Å². The van der Waals surface area contributed by atoms with Crippen molar-refractivity contribution in [3.8, 4) is 11.5 Å². The first-order valence-corrected chi connectivity index (χ1v) is 10.1. The summed E-state index contributed by atoms with van der Waals surface area (Å²) in [5.41, 5.74) is 4.53. The fourth-order valence-corrected chi connectivity index (χ4v) is 2.88. The molecule has 1 heterocycles. The topological polar surface area (TPSA) is 102 Å². The molecule has 2 amide bonds. The Balaban J connectivity index is 1.94. The van der Waals surface area contributed by atoms with Crippen LogP contribution in [0.3, 0.4) is 0 Å². The molecule has 2 aromatic carbocycles. The van der Waals surface area contributed by atoms with Crippen molar-refractivity contribution in [2.45, 2.75) is 6.92 Å². The average molecular weight is 444 g/mol. The van der Waals surface area contributed by atoms with Gasteiger partial charge in [-0.3, -0.25) is 14.6 Å². The number of hydrogen-bond acceptors (Lipinski definition) is 6. The number of rotatable bonds is 8. The van der Waals surface area contributed by atoms with Gasteiger partial charge in [0.1, 0.15) is 17.2 Å². The van der Waals surface area contributed by atoms with E-state index >= 15 is 0 Å². The molecular formula is C25H24N4O4. The molecule has 0 bridgehead atoms. The third kappa shape index (κ3) is 6.27. The number of nitrogens with zero attached hydrogens (tertiary/aromatic N) is 2. The van der Waals surface area contributed by atoms with Gasteiger partial charge < -0.3 is 14.8 Å². The molecule has 0 saturated heterocycles. The summed E-state index contributed by atoms with van der Waals surface area (Å²) in [6, 6.07) is 19.1. The van der Waals surface area contributed by atoms with Gasteiger partial charge >= 0.3 is 0 Å². The molecule has 0 atom stereocenters. The molecule has 0 fully saturated rings. The number of aromatic nitrogens is 1. The van der Waals surface area contributed by atoms with Crippen LogP contribution in [-0.4, -0.2) is 36.7 Å². The van der Waals surface area contributed by atoms with Crippen LogP contribution < -0.4 is 20.2 Å². The molecule has 2 N–H and O–H groups in total. The second-order valence-electron chi connectivity index (χ2n) is 6.84. The van der Waals surface area contributed by atoms with Gasteiger partial charge in [-0.25, -0.2) is 5.43 Å². The summed E-state index contributed by atoms with van der Waals surface area (Å²) in [5, 5.41) is 6.78. The van der Waals surface area contributed by atoms with Crippen LogP contribution in [0.15, 0.2) is 83.7 Å². The van der Waals surface area contributed by atoms with Gasteiger partial charge in [0.25, 0.3) is 11.8 Å². The van der Waals surface area contributed by atoms with Crippen LogP contribution in [-0.2, 0) is 4.79 Å². The summed E-state index contributed by atoms with van der Waals surface area (Å²) >= 11 is 0. The van der Waals surface area contributed by atoms with Crippen LogP contribution in [0, 0.1) is 0 Å². The van der Waals surface area contributed by atoms with Crippen molar-refractivity contribution in [1.82, 2.24) is 15.7 Å². The van der Waals surface area contributed by atoms with E-state index in [0.717, 1.165) is 0 Å². The molecule has 33 heavy (non-hydrogen) atoms. The number of amides is 2. The standard InChI is InChI=1S/C25H24N4O4/c1-17(21-11-7-8-14-26-21)28-29-25(31)22(27-24(30)18-9-5-4-6-10-18)16-19-15-20(32-2)12-13-23(19)33-3/h4-16H,1-3H3,(H,27,30)(H,29,31)/b22-16-,28-17+. The molecule has 8 nitrogen and oxygen atoms in total. The lowest BCUT2D eigenvalue weighted by Crippen LogP contribution is -2.33. The van der Waals surface area contributed by atoms with Crippen LogP contribution in [0.1, 0.15) is 28.5 Å². The first kappa shape index (κ1) is 23.2. The van der Waals surface area contributed by atoms with E-state index in [1.54, 1.807) is 73.8 Å². The van der Waals surface area contributed by atoms with Crippen LogP contribution >= 0.6 is 0 Å². The third-order valence-electron chi connectivity index (χ3n) is 4.63. The van der Waals surface area contributed by atoms with Gasteiger partial charge in [-0.1, -0.05) is 24.3 Å². The Morgan fingerprint density at radius 1 is 0.970 bits per heavy atom. The maximum atomic E-state index is 13.0. The molecule has 0 aliphatic heterocycles. The van der Waals surface area contributed by atoms with Crippen molar-refractivity contribution in [2.75, 3.05) is 14.2 Å². The summed E-state index contributed by atoms with van der Waals surface area (Å²) < 4.78 is 10.7. The minimum atomic E-state index is -0.612. The van der Waals surface area contributed by atoms with Gasteiger partial charge in [-0.15, -0.1) is 0 Å². The van der Waals surface area contributed by atoms with Crippen molar-refractivity contribution in [2.24, 2.45) is 5.10 Å². The monoisotopic (exact) mass is 444 g/mol. The van der Waals surface area contributed by atoms with Gasteiger partial charge in [0, 0.05) is 17.3 Å². The molecular weight excluding hydrogens is 420 g/mol. The molecule has 0 saturated carbocycles. The minimum absolute atomic E-state index is 0.0204. The number of pyridine rings is 1. The summed E-state index contributed by atoms with van der Waals surface area (Å²) in [4.78, 5) is 30.0. The summed E-state index contributed by atoms with van der Waals surface area (Å²) in [6.45, 7) is 1.72. The summed E-state index contributed by atoms with van der Waals surface area (Å²) in [7, 11) is 3.05. The fourth-order valence-electron chi connectivity index (χ4n) is 2.88. The lowest BCUT2D eigenvalue weighted by atomic mass is 10.1. The maximum Gasteiger partial charge on any atom is 0.287 e. The van der Waals surface area contributed by atoms with Gasteiger partial charge in [0.2, 0.25) is 0 Å². The van der Waals surface area contributed by atoms with E-state index in [4.69, 9.17) is 9.47 Å². The van der Waals surface area contributed by atoms with Crippen LogP contribution in [0.4, 0.5) is 0 Å². The highest BCUT2D eigenvalue weighted by Crippen LogP contribution is 2.26. The van der Waals surface area contributed by atoms with Crippen molar-refractivity contribution >= 4 is 23.6 Å². The molecule has 168 valence electrons. The first-order valence-electron chi connectivity index (χ1n) is 10.1. The quantitative estimate of drug-likeness (QED) is 0.315. The largest absolute Gasteiger partial charge is 0.497 e. The van der Waals surface area contributed by atoms with E-state index in [1.165, 1.54) is 20.3 Å². The van der Waals surface area contributed by atoms with Gasteiger partial charge in [-0.05, 0) is 55.5 Å². The number of benzene rings is 2. The van der Waals surface area contributed by atoms with Crippen LogP contribution in [0.2, 0.25) is 0 Å². The number of hydrazone groups is 1. The summed E-state index contributed by atoms with van der Waals surface area (Å²) in [5.74, 6) is 0.0205. The zero-order chi connectivity index (χ0) is 23.6. The number of carbonyl (C=O) groups excluding carboxylic acids is 2. The van der Waals surface area contributed by atoms with E-state index in [2.05, 4.69) is 20.8 Å². The highest BCUT2D eigenvalue weighted by molar-refractivity contribution is 6.06. The fraction of sp³-hybridized carbons (Fsp3) is 0.120. The highest BCUT2D eigenvalue weighted by atomic mass is 16.5. The third-order valence-corrected chi connectivity index (χ3v) is 4.63. The second-order valence-corrected chi connectivity index (χ2v) is 6.84. The Bertz CT molecular complexity index is 1180. The predicted octanol–water partition coefficient (Wildman–Crippen LogP) is 3.41. The average Bonchev–Trinajstić information content (AvgIpc) is 2.87. The maximum absolute atomic E-state index is 13.0. The Kier molecular flexibility index (Phi) is 7.91. The Morgan fingerprint density at radius 2 is 1.73 bits per heavy atom. The van der Waals surface area contributed by atoms with E-state index < -0.39 is 11.8 Å². The van der Waals surface area contributed by atoms with Gasteiger partial charge in [-0.2, -0.15) is 5.10 Å². The van der Waals surface area contributed by atoms with Crippen molar-refractivity contribution in [1.29, 1.82) is 0 Å². The molecule has 0 radical (unpaired) electrons. The zero-order valence-electron chi connectivity index (χ0n) is 18.5. The highest BCUT2D eigenvalue weighted by Gasteiger charge is 2.16. The molecule has 0 aliphatic carbocycles. The minimum Gasteiger partial charge on any atom is -0.497 e. The van der Waals surface area contributed by atoms with Crippen molar-refractivity contribution < 1.29 is 19.1 Å². The molecule has 0 spiro atoms. The lowest BCUT2D eigenvalue weighted by Gasteiger charge is -2.12. The molecule has 0 aliphatic rings. The van der Waals surface area contributed by atoms with Crippen molar-refractivity contribution in [3.05, 3.63) is 95.4 Å². The van der Waals surface area contributed by atoms with E-state index in [1.807, 2.05) is 6.07 Å². The van der Waals surface area contributed by atoms with E-state index in [9.17, 15) is 9.59 Å². The van der Waals surface area contributed by atoms with Gasteiger partial charge in [0.05, 0.1) is 25.6 Å². The first-order chi connectivity index (χ1) is 16.0. The Morgan fingerprint density at radius 3 is 2.39 bits per heavy atom. The number of methoxy groups -OCH3 is 2. The number of hydrogen-bond donors (Lipinski definition) is 2. The van der Waals surface area contributed by atoms with Crippen molar-refractivity contribution in [3.63, 3.8) is 0 Å². The molecule has 3 rings (SSSR count). The van der Waals surface area contributed by atoms with Gasteiger partial charge in [0.15, 0.2) is 0 Å². The normalized spacial score (nSPS) is 11.5. The number of carbonyl (C=O) groups is 2. The smallest absolute Gasteiger partial charge is 0.287 e. The molecule has 3 aromatic rings. The number of nitrogens with one attached hydrogen (secondary N) is 2. The second kappa shape index (κ2) is 11.2. The van der Waals surface area contributed by atoms with Crippen LogP contribution in [0.5, 0.6) is 11.5 Å². The predicted molar refractivity (Wildman–Crippen MR) is 126 cm³/mol. The van der Waals surface area contributed by atoms with Crippen LogP contribution in [0.25, 0.3) is 6.08 Å². The molecule has 8 heteroatoms. The SMILES string of the molecule is COc1ccc(OC)c(/C=C(\NC(=O)c2ccccc2)C(=O)N/N=C(\C)c2ccccn2)c1. The van der Waals surface area contributed by atoms with E-state index in [-0.39, 0.29) is 5.70 Å². The van der Waals surface area contributed by atoms with E-state index in [0.29, 0.717) is 34.0 Å². The lowest BCUT2D eigenvalue weighted by molar-refractivity contribution is -0.117. The zero-order valence-corrected chi connectivity index (χ0v) is 18.5. The Hall–Kier alpha value is -4.46.